The Morgan fingerprint density at radius 1 is 1.00 bits per heavy atom. The fraction of sp³-hybridized carbons (Fsp3) is 1.00. The second-order valence-electron chi connectivity index (χ2n) is 3.63. The Morgan fingerprint density at radius 3 is 1.30 bits per heavy atom. The molecular weight excluding hydrogens is 141 g/mol. The first-order valence-corrected chi connectivity index (χ1v) is 3.22. The van der Waals surface area contributed by atoms with Crippen LogP contribution in [0, 0.1) is 11.3 Å². The van der Waals surface area contributed by atoms with E-state index in [9.17, 15) is 13.2 Å². The average Bonchev–Trinajstić information content (AvgIpc) is 1.59. The zero-order valence-corrected chi connectivity index (χ0v) is 6.71. The Labute approximate surface area is 59.4 Å². The monoisotopic (exact) mass is 154 g/mol. The fourth-order valence-corrected chi connectivity index (χ4v) is 0.491. The highest BCUT2D eigenvalue weighted by atomic mass is 19.4. The summed E-state index contributed by atoms with van der Waals surface area (Å²) in [6.45, 7) is 5.97. The molecule has 0 aromatic rings. The fourth-order valence-electron chi connectivity index (χ4n) is 0.491. The third kappa shape index (κ3) is 2.58. The summed E-state index contributed by atoms with van der Waals surface area (Å²) in [5, 5.41) is 0. The van der Waals surface area contributed by atoms with Gasteiger partial charge in [-0.1, -0.05) is 27.7 Å². The summed E-state index contributed by atoms with van der Waals surface area (Å²) in [5.74, 6) is -1.24. The van der Waals surface area contributed by atoms with E-state index in [1.165, 1.54) is 6.92 Å². The summed E-state index contributed by atoms with van der Waals surface area (Å²) in [6.07, 6.45) is -4.06. The summed E-state index contributed by atoms with van der Waals surface area (Å²) in [4.78, 5) is 0. The van der Waals surface area contributed by atoms with E-state index in [0.29, 0.717) is 0 Å². The van der Waals surface area contributed by atoms with Crippen LogP contribution < -0.4 is 0 Å². The zero-order valence-electron chi connectivity index (χ0n) is 6.71. The van der Waals surface area contributed by atoms with Crippen LogP contribution in [-0.4, -0.2) is 6.18 Å². The Hall–Kier alpha value is -0.210. The van der Waals surface area contributed by atoms with E-state index in [-0.39, 0.29) is 0 Å². The first-order valence-electron chi connectivity index (χ1n) is 3.22. The van der Waals surface area contributed by atoms with Gasteiger partial charge in [-0.05, 0) is 5.41 Å². The smallest absolute Gasteiger partial charge is 0.171 e. The molecule has 0 spiro atoms. The molecule has 0 aliphatic rings. The predicted octanol–water partition coefficient (Wildman–Crippen LogP) is 3.23. The number of halogens is 3. The lowest BCUT2D eigenvalue weighted by Crippen LogP contribution is -2.31. The van der Waals surface area contributed by atoms with Crippen LogP contribution in [0.4, 0.5) is 13.2 Å². The molecule has 0 saturated heterocycles. The highest BCUT2D eigenvalue weighted by Crippen LogP contribution is 2.38. The van der Waals surface area contributed by atoms with Crippen molar-refractivity contribution < 1.29 is 13.2 Å². The van der Waals surface area contributed by atoms with Gasteiger partial charge in [-0.25, -0.2) is 0 Å². The minimum Gasteiger partial charge on any atom is -0.171 e. The van der Waals surface area contributed by atoms with E-state index in [1.54, 1.807) is 20.8 Å². The van der Waals surface area contributed by atoms with Gasteiger partial charge in [0.05, 0.1) is 5.92 Å². The minimum absolute atomic E-state index is 0.682. The predicted molar refractivity (Wildman–Crippen MR) is 34.7 cm³/mol. The molecule has 0 nitrogen and oxygen atoms in total. The molecule has 0 radical (unpaired) electrons. The average molecular weight is 154 g/mol. The van der Waals surface area contributed by atoms with Gasteiger partial charge < -0.3 is 0 Å². The summed E-state index contributed by atoms with van der Waals surface area (Å²) in [6, 6.07) is 0. The van der Waals surface area contributed by atoms with Crippen molar-refractivity contribution in [1.82, 2.24) is 0 Å². The standard InChI is InChI=1S/C7H13F3/c1-5(6(2,3)4)7(8,9)10/h5H,1-4H3/t5-/m0/s1. The van der Waals surface area contributed by atoms with Crippen molar-refractivity contribution in [2.45, 2.75) is 33.9 Å². The van der Waals surface area contributed by atoms with Gasteiger partial charge in [0.25, 0.3) is 0 Å². The summed E-state index contributed by atoms with van der Waals surface area (Å²) in [7, 11) is 0. The van der Waals surface area contributed by atoms with E-state index in [1.807, 2.05) is 0 Å². The van der Waals surface area contributed by atoms with Crippen molar-refractivity contribution in [1.29, 1.82) is 0 Å². The quantitative estimate of drug-likeness (QED) is 0.502. The number of alkyl halides is 3. The highest BCUT2D eigenvalue weighted by molar-refractivity contribution is 4.75. The molecule has 62 valence electrons. The van der Waals surface area contributed by atoms with Crippen LogP contribution in [0.15, 0.2) is 0 Å². The Morgan fingerprint density at radius 2 is 1.30 bits per heavy atom. The molecule has 0 aromatic heterocycles. The molecule has 10 heavy (non-hydrogen) atoms. The van der Waals surface area contributed by atoms with Crippen LogP contribution in [0.5, 0.6) is 0 Å². The minimum atomic E-state index is -4.06. The Balaban J connectivity index is 4.23. The van der Waals surface area contributed by atoms with Crippen molar-refractivity contribution in [2.75, 3.05) is 0 Å². The molecule has 0 rings (SSSR count). The van der Waals surface area contributed by atoms with E-state index >= 15 is 0 Å². The maximum absolute atomic E-state index is 11.9. The largest absolute Gasteiger partial charge is 0.392 e. The SMILES string of the molecule is C[C@@H](C(C)(C)C)C(F)(F)F. The lowest BCUT2D eigenvalue weighted by Gasteiger charge is -2.28. The third-order valence-corrected chi connectivity index (χ3v) is 1.79. The number of hydrogen-bond donors (Lipinski definition) is 0. The summed E-state index contributed by atoms with van der Waals surface area (Å²) >= 11 is 0. The normalized spacial score (nSPS) is 17.1. The maximum atomic E-state index is 11.9. The molecule has 0 amide bonds. The van der Waals surface area contributed by atoms with Gasteiger partial charge in [0, 0.05) is 0 Å². The van der Waals surface area contributed by atoms with Crippen LogP contribution in [0.1, 0.15) is 27.7 Å². The molecule has 0 aromatic carbocycles. The summed E-state index contributed by atoms with van der Waals surface area (Å²) < 4.78 is 35.8. The van der Waals surface area contributed by atoms with Crippen molar-refractivity contribution in [3.05, 3.63) is 0 Å². The van der Waals surface area contributed by atoms with Gasteiger partial charge in [0.15, 0.2) is 0 Å². The molecule has 0 aliphatic carbocycles. The molecule has 0 aliphatic heterocycles. The van der Waals surface area contributed by atoms with E-state index < -0.39 is 17.5 Å². The van der Waals surface area contributed by atoms with Crippen molar-refractivity contribution in [3.63, 3.8) is 0 Å². The first kappa shape index (κ1) is 9.79. The first-order chi connectivity index (χ1) is 4.15. The zero-order chi connectivity index (χ0) is 8.58. The molecule has 0 saturated carbocycles. The van der Waals surface area contributed by atoms with Crippen LogP contribution in [-0.2, 0) is 0 Å². The molecule has 1 atom stereocenters. The topological polar surface area (TPSA) is 0 Å². The van der Waals surface area contributed by atoms with Gasteiger partial charge in [0.2, 0.25) is 0 Å². The molecule has 0 N–H and O–H groups in total. The number of hydrogen-bond acceptors (Lipinski definition) is 0. The Kier molecular flexibility index (Phi) is 2.39. The van der Waals surface area contributed by atoms with E-state index in [0.717, 1.165) is 0 Å². The van der Waals surface area contributed by atoms with Crippen LogP contribution >= 0.6 is 0 Å². The van der Waals surface area contributed by atoms with E-state index in [2.05, 4.69) is 0 Å². The molecule has 0 fully saturated rings. The maximum Gasteiger partial charge on any atom is 0.392 e. The van der Waals surface area contributed by atoms with Crippen molar-refractivity contribution in [3.8, 4) is 0 Å². The van der Waals surface area contributed by atoms with Crippen molar-refractivity contribution in [2.24, 2.45) is 11.3 Å². The second kappa shape index (κ2) is 2.44. The molecular formula is C7H13F3. The van der Waals surface area contributed by atoms with Crippen LogP contribution in [0.25, 0.3) is 0 Å². The van der Waals surface area contributed by atoms with Gasteiger partial charge in [-0.2, -0.15) is 13.2 Å². The number of rotatable bonds is 0. The lowest BCUT2D eigenvalue weighted by atomic mass is 9.82. The molecule has 3 heteroatoms. The molecule has 0 bridgehead atoms. The van der Waals surface area contributed by atoms with Crippen molar-refractivity contribution >= 4 is 0 Å². The van der Waals surface area contributed by atoms with Gasteiger partial charge in [0.1, 0.15) is 0 Å². The van der Waals surface area contributed by atoms with Gasteiger partial charge in [-0.3, -0.25) is 0 Å². The van der Waals surface area contributed by atoms with Gasteiger partial charge >= 0.3 is 6.18 Å². The van der Waals surface area contributed by atoms with Gasteiger partial charge in [-0.15, -0.1) is 0 Å². The highest BCUT2D eigenvalue weighted by Gasteiger charge is 2.42. The second-order valence-corrected chi connectivity index (χ2v) is 3.63. The van der Waals surface area contributed by atoms with E-state index in [4.69, 9.17) is 0 Å². The Bertz CT molecular complexity index is 93.0. The molecule has 0 heterocycles. The van der Waals surface area contributed by atoms with Crippen LogP contribution in [0.2, 0.25) is 0 Å². The van der Waals surface area contributed by atoms with Crippen LogP contribution in [0.3, 0.4) is 0 Å². The third-order valence-electron chi connectivity index (χ3n) is 1.79. The lowest BCUT2D eigenvalue weighted by molar-refractivity contribution is -0.194. The summed E-state index contributed by atoms with van der Waals surface area (Å²) in [5.41, 5.74) is -0.682. The molecule has 0 unspecified atom stereocenters.